The molecule has 0 saturated heterocycles. The predicted octanol–water partition coefficient (Wildman–Crippen LogP) is 18.8. The maximum atomic E-state index is 2.52. The van der Waals surface area contributed by atoms with E-state index in [0.29, 0.717) is 0 Å². The van der Waals surface area contributed by atoms with Crippen molar-refractivity contribution in [2.24, 2.45) is 0 Å². The molecular weight excluding hydrogens is 881 g/mol. The number of aromatic nitrogens is 1. The number of benzene rings is 12. The van der Waals surface area contributed by atoms with Gasteiger partial charge in [0.05, 0.1) is 27.8 Å². The minimum atomic E-state index is -0.515. The molecule has 0 fully saturated rings. The molecule has 0 bridgehead atoms. The summed E-state index contributed by atoms with van der Waals surface area (Å²) in [5, 5.41) is 5.07. The van der Waals surface area contributed by atoms with Gasteiger partial charge in [0, 0.05) is 27.7 Å². The van der Waals surface area contributed by atoms with Gasteiger partial charge in [-0.05, 0) is 138 Å². The Morgan fingerprint density at radius 3 is 1.67 bits per heavy atom. The molecule has 0 amide bonds. The van der Waals surface area contributed by atoms with Gasteiger partial charge in [-0.2, -0.15) is 0 Å². The van der Waals surface area contributed by atoms with Crippen LogP contribution in [-0.4, -0.2) is 4.57 Å². The molecule has 2 heteroatoms. The lowest BCUT2D eigenvalue weighted by atomic mass is 9.65. The Bertz CT molecular complexity index is 4310. The van der Waals surface area contributed by atoms with Gasteiger partial charge in [-0.3, -0.25) is 0 Å². The summed E-state index contributed by atoms with van der Waals surface area (Å²) in [4.78, 5) is 2.42. The van der Waals surface area contributed by atoms with E-state index < -0.39 is 5.41 Å². The first kappa shape index (κ1) is 41.3. The van der Waals surface area contributed by atoms with Crippen LogP contribution in [0.2, 0.25) is 0 Å². The SMILES string of the molecule is c1ccc(-c2cccc(-c3ccccc3N(c3ccc(-c4ccc5c(c4)C4(c6ccccc6-5)c5ccccc5-n5c6ccccc6c6cccc4c65)cc3)c3ccc(-c4cccc5ccccc45)cc3)c2)cc1. The number of para-hydroxylation sites is 4. The largest absolute Gasteiger partial charge is 0.310 e. The van der Waals surface area contributed by atoms with Crippen molar-refractivity contribution in [1.29, 1.82) is 0 Å². The third-order valence-electron chi connectivity index (χ3n) is 15.8. The summed E-state index contributed by atoms with van der Waals surface area (Å²) in [7, 11) is 0. The van der Waals surface area contributed by atoms with Gasteiger partial charge in [-0.15, -0.1) is 0 Å². The standard InChI is InChI=1S/C71H46N2/c1-2-17-47(18-3-1)51-21-14-22-53(45-51)58-24-7-11-32-67(58)72(55-42-37-50(38-43-55)57-27-15-20-49-19-4-5-23-56(49)57)54-40-35-48(36-41-54)52-39-44-60-59-25-6-9-29-63(59)71(66(60)46-52)64-30-10-13-34-69(64)73-68-33-12-8-26-61(68)62-28-16-31-65(71)70(62)73/h1-46H. The highest BCUT2D eigenvalue weighted by Crippen LogP contribution is 2.61. The van der Waals surface area contributed by atoms with Gasteiger partial charge in [0.25, 0.3) is 0 Å². The first-order chi connectivity index (χ1) is 36.2. The van der Waals surface area contributed by atoms with Crippen molar-refractivity contribution in [2.75, 3.05) is 4.90 Å². The van der Waals surface area contributed by atoms with Crippen LogP contribution in [0.15, 0.2) is 279 Å². The molecule has 1 aromatic heterocycles. The lowest BCUT2D eigenvalue weighted by molar-refractivity contribution is 0.749. The second kappa shape index (κ2) is 16.3. The van der Waals surface area contributed by atoms with Crippen LogP contribution < -0.4 is 4.90 Å². The Labute approximate surface area is 425 Å². The normalized spacial score (nSPS) is 14.1. The average molecular weight is 927 g/mol. The molecule has 0 N–H and O–H groups in total. The van der Waals surface area contributed by atoms with E-state index in [-0.39, 0.29) is 0 Å². The zero-order valence-corrected chi connectivity index (χ0v) is 40.0. The lowest BCUT2D eigenvalue weighted by Crippen LogP contribution is -2.33. The first-order valence-corrected chi connectivity index (χ1v) is 25.3. The number of anilines is 3. The number of rotatable bonds is 7. The summed E-state index contributed by atoms with van der Waals surface area (Å²) in [6, 6.07) is 103. The van der Waals surface area contributed by atoms with Crippen LogP contribution in [0.1, 0.15) is 22.3 Å². The highest BCUT2D eigenvalue weighted by molar-refractivity contribution is 6.13. The molecule has 1 spiro atoms. The maximum absolute atomic E-state index is 2.52. The van der Waals surface area contributed by atoms with Crippen molar-refractivity contribution < 1.29 is 0 Å². The Morgan fingerprint density at radius 2 is 0.822 bits per heavy atom. The summed E-state index contributed by atoms with van der Waals surface area (Å²) in [5.41, 5.74) is 23.9. The van der Waals surface area contributed by atoms with Crippen molar-refractivity contribution in [3.8, 4) is 61.3 Å². The molecule has 1 aliphatic carbocycles. The number of fused-ring (bicyclic) bond motifs is 13. The fraction of sp³-hybridized carbons (Fsp3) is 0.0141. The van der Waals surface area contributed by atoms with E-state index in [9.17, 15) is 0 Å². The van der Waals surface area contributed by atoms with Gasteiger partial charge >= 0.3 is 0 Å². The van der Waals surface area contributed by atoms with Crippen molar-refractivity contribution in [3.05, 3.63) is 301 Å². The summed E-state index contributed by atoms with van der Waals surface area (Å²) in [6.45, 7) is 0. The minimum absolute atomic E-state index is 0.515. The summed E-state index contributed by atoms with van der Waals surface area (Å²) in [5.74, 6) is 0. The molecule has 0 saturated carbocycles. The zero-order chi connectivity index (χ0) is 48.0. The van der Waals surface area contributed by atoms with Gasteiger partial charge in [0.15, 0.2) is 0 Å². The van der Waals surface area contributed by atoms with Gasteiger partial charge < -0.3 is 9.47 Å². The Balaban J connectivity index is 0.885. The molecular formula is C71H46N2. The van der Waals surface area contributed by atoms with Gasteiger partial charge in [-0.25, -0.2) is 0 Å². The van der Waals surface area contributed by atoms with Crippen molar-refractivity contribution >= 4 is 49.6 Å². The van der Waals surface area contributed by atoms with E-state index in [1.165, 1.54) is 111 Å². The molecule has 2 heterocycles. The van der Waals surface area contributed by atoms with Crippen LogP contribution in [0.3, 0.4) is 0 Å². The molecule has 1 aliphatic heterocycles. The summed E-state index contributed by atoms with van der Waals surface area (Å²) < 4.78 is 2.52. The number of hydrogen-bond acceptors (Lipinski definition) is 1. The van der Waals surface area contributed by atoms with E-state index in [1.54, 1.807) is 0 Å². The van der Waals surface area contributed by atoms with Crippen molar-refractivity contribution in [3.63, 3.8) is 0 Å². The van der Waals surface area contributed by atoms with Gasteiger partial charge in [0.1, 0.15) is 0 Å². The lowest BCUT2D eigenvalue weighted by Gasteiger charge is -2.39. The minimum Gasteiger partial charge on any atom is -0.310 e. The van der Waals surface area contributed by atoms with Crippen LogP contribution in [-0.2, 0) is 5.41 Å². The van der Waals surface area contributed by atoms with Crippen LogP contribution in [0.5, 0.6) is 0 Å². The molecule has 12 aromatic carbocycles. The molecule has 340 valence electrons. The van der Waals surface area contributed by atoms with Crippen LogP contribution in [0, 0.1) is 0 Å². The van der Waals surface area contributed by atoms with E-state index in [4.69, 9.17) is 0 Å². The average Bonchev–Trinajstić information content (AvgIpc) is 4.06. The van der Waals surface area contributed by atoms with Crippen molar-refractivity contribution in [1.82, 2.24) is 4.57 Å². The van der Waals surface area contributed by atoms with Crippen molar-refractivity contribution in [2.45, 2.75) is 5.41 Å². The molecule has 13 aromatic rings. The zero-order valence-electron chi connectivity index (χ0n) is 40.0. The molecule has 2 nitrogen and oxygen atoms in total. The van der Waals surface area contributed by atoms with Gasteiger partial charge in [-0.1, -0.05) is 224 Å². The third kappa shape index (κ3) is 6.17. The van der Waals surface area contributed by atoms with E-state index >= 15 is 0 Å². The van der Waals surface area contributed by atoms with E-state index in [2.05, 4.69) is 289 Å². The molecule has 1 unspecified atom stereocenters. The fourth-order valence-corrected chi connectivity index (χ4v) is 12.6. The van der Waals surface area contributed by atoms with Gasteiger partial charge in [0.2, 0.25) is 0 Å². The Morgan fingerprint density at radius 1 is 0.288 bits per heavy atom. The van der Waals surface area contributed by atoms with Crippen LogP contribution >= 0.6 is 0 Å². The smallest absolute Gasteiger partial charge is 0.0754 e. The van der Waals surface area contributed by atoms with Crippen LogP contribution in [0.25, 0.3) is 93.9 Å². The topological polar surface area (TPSA) is 8.17 Å². The Kier molecular flexibility index (Phi) is 9.21. The molecule has 0 radical (unpaired) electrons. The number of nitrogens with zero attached hydrogens (tertiary/aromatic N) is 2. The third-order valence-corrected chi connectivity index (χ3v) is 15.8. The molecule has 15 rings (SSSR count). The monoisotopic (exact) mass is 926 g/mol. The van der Waals surface area contributed by atoms with E-state index in [0.717, 1.165) is 22.6 Å². The summed E-state index contributed by atoms with van der Waals surface area (Å²) >= 11 is 0. The fourth-order valence-electron chi connectivity index (χ4n) is 12.6. The first-order valence-electron chi connectivity index (χ1n) is 25.3. The highest BCUT2D eigenvalue weighted by atomic mass is 15.1. The predicted molar refractivity (Wildman–Crippen MR) is 306 cm³/mol. The molecule has 2 aliphatic rings. The van der Waals surface area contributed by atoms with Crippen LogP contribution in [0.4, 0.5) is 17.1 Å². The number of hydrogen-bond donors (Lipinski definition) is 0. The Hall–Kier alpha value is -9.50. The second-order valence-corrected chi connectivity index (χ2v) is 19.5. The quantitative estimate of drug-likeness (QED) is 0.155. The molecule has 1 atom stereocenters. The molecule has 73 heavy (non-hydrogen) atoms. The summed E-state index contributed by atoms with van der Waals surface area (Å²) in [6.07, 6.45) is 0. The maximum Gasteiger partial charge on any atom is 0.0754 e. The highest BCUT2D eigenvalue weighted by Gasteiger charge is 2.50. The van der Waals surface area contributed by atoms with E-state index in [1.807, 2.05) is 0 Å². The second-order valence-electron chi connectivity index (χ2n) is 19.5.